The van der Waals surface area contributed by atoms with Gasteiger partial charge in [0, 0.05) is 14.6 Å². The molecule has 0 bridgehead atoms. The Morgan fingerprint density at radius 2 is 1.78 bits per heavy atom. The number of carbonyl (C=O) groups is 1. The van der Waals surface area contributed by atoms with Crippen LogP contribution >= 0.6 is 31.9 Å². The lowest BCUT2D eigenvalue weighted by atomic mass is 10.2. The summed E-state index contributed by atoms with van der Waals surface area (Å²) in [7, 11) is -3.53. The molecule has 23 heavy (non-hydrogen) atoms. The van der Waals surface area contributed by atoms with Crippen LogP contribution in [0.2, 0.25) is 0 Å². The topological polar surface area (TPSA) is 63.2 Å². The van der Waals surface area contributed by atoms with Gasteiger partial charge in [-0.2, -0.15) is 0 Å². The molecule has 0 saturated heterocycles. The van der Waals surface area contributed by atoms with Crippen molar-refractivity contribution in [3.8, 4) is 0 Å². The Balaban J connectivity index is 2.03. The Kier molecular flexibility index (Phi) is 6.00. The zero-order valence-corrected chi connectivity index (χ0v) is 16.3. The number of nitrogens with one attached hydrogen (secondary N) is 1. The zero-order chi connectivity index (χ0) is 17.0. The van der Waals surface area contributed by atoms with Crippen LogP contribution in [0.3, 0.4) is 0 Å². The van der Waals surface area contributed by atoms with Crippen molar-refractivity contribution in [2.45, 2.75) is 12.7 Å². The lowest BCUT2D eigenvalue weighted by Crippen LogP contribution is -2.24. The Morgan fingerprint density at radius 3 is 2.43 bits per heavy atom. The summed E-state index contributed by atoms with van der Waals surface area (Å²) in [5.74, 6) is -1.25. The molecule has 0 saturated carbocycles. The number of carbonyl (C=O) groups excluding carboxylic acids is 1. The molecule has 2 aromatic carbocycles. The van der Waals surface area contributed by atoms with Gasteiger partial charge in [-0.1, -0.05) is 44.0 Å². The molecule has 0 radical (unpaired) electrons. The van der Waals surface area contributed by atoms with E-state index in [-0.39, 0.29) is 5.75 Å². The van der Waals surface area contributed by atoms with Crippen LogP contribution in [0, 0.1) is 6.92 Å². The normalized spacial score (nSPS) is 11.3. The maximum atomic E-state index is 12.2. The molecule has 2 rings (SSSR count). The summed E-state index contributed by atoms with van der Waals surface area (Å²) in [5.41, 5.74) is 2.11. The molecule has 2 aromatic rings. The number of anilines is 1. The van der Waals surface area contributed by atoms with E-state index in [9.17, 15) is 13.2 Å². The SMILES string of the molecule is Cc1cc(Br)ccc1NC(=O)CS(=O)(=O)Cc1cccc(Br)c1. The standard InChI is InChI=1S/C16H15Br2NO3S/c1-11-7-14(18)5-6-15(11)19-16(20)10-23(21,22)9-12-3-2-4-13(17)8-12/h2-8H,9-10H2,1H3,(H,19,20). The summed E-state index contributed by atoms with van der Waals surface area (Å²) < 4.78 is 26.0. The highest BCUT2D eigenvalue weighted by atomic mass is 79.9. The Bertz CT molecular complexity index is 835. The van der Waals surface area contributed by atoms with Crippen molar-refractivity contribution in [3.63, 3.8) is 0 Å². The van der Waals surface area contributed by atoms with Crippen LogP contribution in [0.5, 0.6) is 0 Å². The van der Waals surface area contributed by atoms with Gasteiger partial charge in [-0.3, -0.25) is 4.79 Å². The zero-order valence-electron chi connectivity index (χ0n) is 12.3. The second-order valence-corrected chi connectivity index (χ2v) is 9.07. The van der Waals surface area contributed by atoms with Crippen LogP contribution < -0.4 is 5.32 Å². The third kappa shape index (κ3) is 5.75. The van der Waals surface area contributed by atoms with E-state index in [1.807, 2.05) is 19.1 Å². The summed E-state index contributed by atoms with van der Waals surface area (Å²) in [6.45, 7) is 1.84. The average molecular weight is 461 g/mol. The second-order valence-electron chi connectivity index (χ2n) is 5.17. The summed E-state index contributed by atoms with van der Waals surface area (Å²) in [6.07, 6.45) is 0. The van der Waals surface area contributed by atoms with Crippen LogP contribution in [0.25, 0.3) is 0 Å². The molecule has 0 spiro atoms. The number of rotatable bonds is 5. The van der Waals surface area contributed by atoms with Gasteiger partial charge >= 0.3 is 0 Å². The van der Waals surface area contributed by atoms with E-state index < -0.39 is 21.5 Å². The van der Waals surface area contributed by atoms with Gasteiger partial charge in [0.1, 0.15) is 5.75 Å². The van der Waals surface area contributed by atoms with E-state index >= 15 is 0 Å². The number of benzene rings is 2. The fraction of sp³-hybridized carbons (Fsp3) is 0.188. The molecule has 0 aliphatic rings. The van der Waals surface area contributed by atoms with Crippen molar-refractivity contribution >= 4 is 53.3 Å². The number of hydrogen-bond donors (Lipinski definition) is 1. The molecule has 0 aliphatic heterocycles. The van der Waals surface area contributed by atoms with Crippen LogP contribution in [0.1, 0.15) is 11.1 Å². The number of sulfone groups is 1. The van der Waals surface area contributed by atoms with E-state index in [2.05, 4.69) is 37.2 Å². The molecule has 0 unspecified atom stereocenters. The maximum Gasteiger partial charge on any atom is 0.239 e. The quantitative estimate of drug-likeness (QED) is 0.731. The van der Waals surface area contributed by atoms with E-state index in [0.29, 0.717) is 11.3 Å². The molecular formula is C16H15Br2NO3S. The van der Waals surface area contributed by atoms with Gasteiger partial charge in [0.15, 0.2) is 9.84 Å². The highest BCUT2D eigenvalue weighted by molar-refractivity contribution is 9.10. The number of aryl methyl sites for hydroxylation is 1. The van der Waals surface area contributed by atoms with Gasteiger partial charge < -0.3 is 5.32 Å². The largest absolute Gasteiger partial charge is 0.325 e. The van der Waals surface area contributed by atoms with Crippen molar-refractivity contribution in [2.24, 2.45) is 0 Å². The van der Waals surface area contributed by atoms with Crippen molar-refractivity contribution < 1.29 is 13.2 Å². The molecule has 4 nitrogen and oxygen atoms in total. The second kappa shape index (κ2) is 7.59. The minimum Gasteiger partial charge on any atom is -0.325 e. The molecule has 122 valence electrons. The van der Waals surface area contributed by atoms with Gasteiger partial charge in [-0.05, 0) is 48.4 Å². The predicted molar refractivity (Wildman–Crippen MR) is 99.1 cm³/mol. The van der Waals surface area contributed by atoms with Gasteiger partial charge in [0.25, 0.3) is 0 Å². The molecule has 7 heteroatoms. The minimum absolute atomic E-state index is 0.167. The Labute approximate surface area is 152 Å². The summed E-state index contributed by atoms with van der Waals surface area (Å²) >= 11 is 6.64. The minimum atomic E-state index is -3.53. The van der Waals surface area contributed by atoms with Crippen molar-refractivity contribution in [1.82, 2.24) is 0 Å². The molecule has 0 aromatic heterocycles. The highest BCUT2D eigenvalue weighted by Gasteiger charge is 2.18. The third-order valence-corrected chi connectivity index (χ3v) is 5.55. The van der Waals surface area contributed by atoms with Crippen molar-refractivity contribution in [1.29, 1.82) is 0 Å². The lowest BCUT2D eigenvalue weighted by molar-refractivity contribution is -0.113. The van der Waals surface area contributed by atoms with Crippen LogP contribution in [-0.4, -0.2) is 20.1 Å². The Hall–Kier alpha value is -1.18. The first-order valence-electron chi connectivity index (χ1n) is 6.76. The van der Waals surface area contributed by atoms with E-state index in [4.69, 9.17) is 0 Å². The van der Waals surface area contributed by atoms with Gasteiger partial charge in [-0.15, -0.1) is 0 Å². The first-order valence-corrected chi connectivity index (χ1v) is 10.2. The number of amides is 1. The first kappa shape index (κ1) is 18.2. The average Bonchev–Trinajstić information content (AvgIpc) is 2.40. The highest BCUT2D eigenvalue weighted by Crippen LogP contribution is 2.20. The summed E-state index contributed by atoms with van der Waals surface area (Å²) in [6, 6.07) is 12.4. The Morgan fingerprint density at radius 1 is 1.09 bits per heavy atom. The lowest BCUT2D eigenvalue weighted by Gasteiger charge is -2.09. The first-order chi connectivity index (χ1) is 10.7. The van der Waals surface area contributed by atoms with Crippen LogP contribution in [0.15, 0.2) is 51.4 Å². The molecule has 0 fully saturated rings. The molecule has 1 amide bonds. The molecule has 0 atom stereocenters. The fourth-order valence-corrected chi connectivity index (χ4v) is 4.27. The predicted octanol–water partition coefficient (Wildman–Crippen LogP) is 4.07. The van der Waals surface area contributed by atoms with Crippen LogP contribution in [0.4, 0.5) is 5.69 Å². The van der Waals surface area contributed by atoms with Crippen molar-refractivity contribution in [2.75, 3.05) is 11.1 Å². The van der Waals surface area contributed by atoms with Crippen LogP contribution in [-0.2, 0) is 20.4 Å². The van der Waals surface area contributed by atoms with E-state index in [1.54, 1.807) is 30.3 Å². The number of halogens is 2. The van der Waals surface area contributed by atoms with Gasteiger partial charge in [0.2, 0.25) is 5.91 Å². The van der Waals surface area contributed by atoms with Gasteiger partial charge in [-0.25, -0.2) is 8.42 Å². The van der Waals surface area contributed by atoms with E-state index in [1.165, 1.54) is 0 Å². The maximum absolute atomic E-state index is 12.2. The van der Waals surface area contributed by atoms with E-state index in [0.717, 1.165) is 14.5 Å². The third-order valence-electron chi connectivity index (χ3n) is 3.09. The molecule has 0 heterocycles. The monoisotopic (exact) mass is 459 g/mol. The molecular weight excluding hydrogens is 446 g/mol. The van der Waals surface area contributed by atoms with Crippen molar-refractivity contribution in [3.05, 3.63) is 62.5 Å². The fourth-order valence-electron chi connectivity index (χ4n) is 2.09. The smallest absolute Gasteiger partial charge is 0.239 e. The van der Waals surface area contributed by atoms with Gasteiger partial charge in [0.05, 0.1) is 5.75 Å². The number of hydrogen-bond acceptors (Lipinski definition) is 3. The summed E-state index contributed by atoms with van der Waals surface area (Å²) in [4.78, 5) is 12.0. The molecule has 0 aliphatic carbocycles. The molecule has 1 N–H and O–H groups in total. The summed E-state index contributed by atoms with van der Waals surface area (Å²) in [5, 5.41) is 2.64.